The summed E-state index contributed by atoms with van der Waals surface area (Å²) < 4.78 is 5.38. The minimum Gasteiger partial charge on any atom is -0.444 e. The fourth-order valence-corrected chi connectivity index (χ4v) is 6.39. The molecule has 14 heteroatoms. The smallest absolute Gasteiger partial charge is 0.407 e. The summed E-state index contributed by atoms with van der Waals surface area (Å²) in [5, 5.41) is 26.3. The number of thiazole rings is 2. The van der Waals surface area contributed by atoms with Crippen molar-refractivity contribution in [2.45, 2.75) is 77.5 Å². The lowest BCUT2D eigenvalue weighted by molar-refractivity contribution is -0.125. The molecule has 0 saturated carbocycles. The third-order valence-electron chi connectivity index (χ3n) is 7.88. The van der Waals surface area contributed by atoms with Gasteiger partial charge in [0, 0.05) is 31.1 Å². The van der Waals surface area contributed by atoms with Gasteiger partial charge in [0.1, 0.15) is 18.8 Å². The van der Waals surface area contributed by atoms with Crippen molar-refractivity contribution in [2.75, 3.05) is 13.6 Å². The van der Waals surface area contributed by atoms with Crippen LogP contribution in [-0.2, 0) is 29.1 Å². The van der Waals surface area contributed by atoms with Gasteiger partial charge in [-0.25, -0.2) is 14.6 Å². The van der Waals surface area contributed by atoms with E-state index in [0.717, 1.165) is 26.7 Å². The zero-order chi connectivity index (χ0) is 36.0. The zero-order valence-corrected chi connectivity index (χ0v) is 30.7. The first kappa shape index (κ1) is 38.4. The molecule has 0 spiro atoms. The van der Waals surface area contributed by atoms with Gasteiger partial charge in [-0.05, 0) is 23.5 Å². The van der Waals surface area contributed by atoms with Crippen molar-refractivity contribution < 1.29 is 24.2 Å². The first-order valence-corrected chi connectivity index (χ1v) is 18.3. The summed E-state index contributed by atoms with van der Waals surface area (Å²) in [4.78, 5) is 50.7. The average Bonchev–Trinajstić information content (AvgIpc) is 3.81. The molecular weight excluding hydrogens is 675 g/mol. The first-order valence-electron chi connectivity index (χ1n) is 16.6. The molecule has 0 aliphatic heterocycles. The van der Waals surface area contributed by atoms with E-state index in [0.29, 0.717) is 18.9 Å². The van der Waals surface area contributed by atoms with Crippen LogP contribution in [0.3, 0.4) is 0 Å². The van der Waals surface area contributed by atoms with E-state index in [-0.39, 0.29) is 25.0 Å². The van der Waals surface area contributed by atoms with Crippen LogP contribution >= 0.6 is 22.7 Å². The molecule has 0 bridgehead atoms. The van der Waals surface area contributed by atoms with E-state index in [9.17, 15) is 19.5 Å². The predicted octanol–water partition coefficient (Wildman–Crippen LogP) is 5.19. The predicted molar refractivity (Wildman–Crippen MR) is 196 cm³/mol. The van der Waals surface area contributed by atoms with Crippen LogP contribution in [0.25, 0.3) is 0 Å². The molecule has 0 radical (unpaired) electrons. The van der Waals surface area contributed by atoms with Crippen molar-refractivity contribution in [1.29, 1.82) is 0 Å². The van der Waals surface area contributed by atoms with Crippen molar-refractivity contribution in [2.24, 2.45) is 5.92 Å². The molecule has 4 atom stereocenters. The van der Waals surface area contributed by atoms with Crippen LogP contribution in [0.15, 0.2) is 77.8 Å². The number of hydrogen-bond donors (Lipinski definition) is 5. The number of rotatable bonds is 17. The molecule has 4 aromatic rings. The molecule has 4 amide bonds. The van der Waals surface area contributed by atoms with Crippen molar-refractivity contribution in [3.63, 3.8) is 0 Å². The number of aliphatic hydroxyl groups is 1. The number of ether oxygens (including phenoxy) is 1. The monoisotopic (exact) mass is 721 g/mol. The maximum absolute atomic E-state index is 13.8. The highest BCUT2D eigenvalue weighted by molar-refractivity contribution is 7.09. The maximum atomic E-state index is 13.8. The number of urea groups is 1. The van der Waals surface area contributed by atoms with Gasteiger partial charge in [-0.2, -0.15) is 0 Å². The van der Waals surface area contributed by atoms with E-state index in [2.05, 4.69) is 45.1 Å². The second-order valence-electron chi connectivity index (χ2n) is 12.7. The Kier molecular flexibility index (Phi) is 14.7. The molecule has 0 saturated heterocycles. The lowest BCUT2D eigenvalue weighted by Crippen LogP contribution is -2.55. The number of alkyl carbamates (subject to hydrolysis) is 1. The van der Waals surface area contributed by atoms with Gasteiger partial charge >= 0.3 is 12.1 Å². The Balaban J connectivity index is 1.42. The highest BCUT2D eigenvalue weighted by Gasteiger charge is 2.29. The van der Waals surface area contributed by atoms with Gasteiger partial charge in [0.05, 0.1) is 39.8 Å². The number of benzene rings is 2. The number of hydrogen-bond acceptors (Lipinski definition) is 10. The second-order valence-corrected chi connectivity index (χ2v) is 14.5. The molecule has 2 aromatic heterocycles. The number of aromatic nitrogens is 2. The van der Waals surface area contributed by atoms with Gasteiger partial charge in [0.25, 0.3) is 0 Å². The zero-order valence-electron chi connectivity index (χ0n) is 29.0. The summed E-state index contributed by atoms with van der Waals surface area (Å²) in [6.45, 7) is 8.27. The summed E-state index contributed by atoms with van der Waals surface area (Å²) in [7, 11) is 1.67. The third-order valence-corrected chi connectivity index (χ3v) is 9.83. The van der Waals surface area contributed by atoms with Crippen LogP contribution in [0.5, 0.6) is 0 Å². The fourth-order valence-electron chi connectivity index (χ4n) is 5.06. The van der Waals surface area contributed by atoms with Gasteiger partial charge in [-0.3, -0.25) is 15.1 Å². The molecule has 0 aliphatic rings. The van der Waals surface area contributed by atoms with Crippen LogP contribution in [0.2, 0.25) is 0 Å². The topological polar surface area (TPSA) is 158 Å². The SMILES string of the molecule is CC(C)c1nc(CN(C)C(=O)NC(C(=O)NC(NC[C@H](O)[C@H](Cc2ccccc2)NC(=O)OCc2cncs2)c2ccccc2)C(C)C)cs1. The van der Waals surface area contributed by atoms with E-state index < -0.39 is 36.5 Å². The lowest BCUT2D eigenvalue weighted by atomic mass is 10.0. The maximum Gasteiger partial charge on any atom is 0.407 e. The van der Waals surface area contributed by atoms with E-state index in [1.54, 1.807) is 30.1 Å². The largest absolute Gasteiger partial charge is 0.444 e. The van der Waals surface area contributed by atoms with Gasteiger partial charge in [-0.1, -0.05) is 88.4 Å². The molecule has 12 nitrogen and oxygen atoms in total. The molecule has 50 heavy (non-hydrogen) atoms. The summed E-state index contributed by atoms with van der Waals surface area (Å²) in [6, 6.07) is 16.9. The first-order chi connectivity index (χ1) is 24.0. The summed E-state index contributed by atoms with van der Waals surface area (Å²) >= 11 is 2.94. The van der Waals surface area contributed by atoms with E-state index in [4.69, 9.17) is 4.74 Å². The number of aliphatic hydroxyl groups excluding tert-OH is 1. The van der Waals surface area contributed by atoms with Gasteiger partial charge in [0.2, 0.25) is 5.91 Å². The molecule has 2 unspecified atom stereocenters. The molecule has 2 heterocycles. The highest BCUT2D eigenvalue weighted by atomic mass is 32.1. The molecule has 0 aliphatic carbocycles. The number of carbonyl (C=O) groups is 3. The Labute approximate surface area is 301 Å². The number of amides is 4. The van der Waals surface area contributed by atoms with Crippen molar-refractivity contribution in [3.8, 4) is 0 Å². The molecule has 268 valence electrons. The van der Waals surface area contributed by atoms with Crippen molar-refractivity contribution in [3.05, 3.63) is 104 Å². The second kappa shape index (κ2) is 19.1. The van der Waals surface area contributed by atoms with Crippen LogP contribution in [0.4, 0.5) is 9.59 Å². The fraction of sp³-hybridized carbons (Fsp3) is 0.417. The summed E-state index contributed by atoms with van der Waals surface area (Å²) in [5.41, 5.74) is 4.12. The Morgan fingerprint density at radius 3 is 2.26 bits per heavy atom. The molecule has 5 N–H and O–H groups in total. The number of nitrogens with one attached hydrogen (secondary N) is 4. The Hall–Kier alpha value is -4.37. The van der Waals surface area contributed by atoms with Crippen LogP contribution in [-0.4, -0.2) is 69.8 Å². The van der Waals surface area contributed by atoms with Gasteiger partial charge < -0.3 is 30.7 Å². The molecule has 2 aromatic carbocycles. The summed E-state index contributed by atoms with van der Waals surface area (Å²) in [5.74, 6) is -0.313. The lowest BCUT2D eigenvalue weighted by Gasteiger charge is -2.30. The van der Waals surface area contributed by atoms with E-state index in [1.165, 1.54) is 16.2 Å². The van der Waals surface area contributed by atoms with E-state index >= 15 is 0 Å². The Bertz CT molecular complexity index is 1620. The third kappa shape index (κ3) is 11.9. The van der Waals surface area contributed by atoms with Crippen LogP contribution in [0, 0.1) is 5.92 Å². The minimum absolute atomic E-state index is 0.0138. The Morgan fingerprint density at radius 1 is 0.940 bits per heavy atom. The average molecular weight is 722 g/mol. The van der Waals surface area contributed by atoms with Crippen LogP contribution < -0.4 is 21.3 Å². The number of carbonyl (C=O) groups excluding carboxylic acids is 3. The normalized spacial score (nSPS) is 13.7. The molecule has 4 rings (SSSR count). The Morgan fingerprint density at radius 2 is 1.64 bits per heavy atom. The van der Waals surface area contributed by atoms with E-state index in [1.807, 2.05) is 79.9 Å². The van der Waals surface area contributed by atoms with Crippen molar-refractivity contribution in [1.82, 2.24) is 36.1 Å². The van der Waals surface area contributed by atoms with Gasteiger partial charge in [0.15, 0.2) is 0 Å². The van der Waals surface area contributed by atoms with Crippen molar-refractivity contribution >= 4 is 40.7 Å². The van der Waals surface area contributed by atoms with Crippen LogP contribution in [0.1, 0.15) is 66.5 Å². The minimum atomic E-state index is -1.06. The van der Waals surface area contributed by atoms with Gasteiger partial charge in [-0.15, -0.1) is 22.7 Å². The molecule has 0 fully saturated rings. The highest BCUT2D eigenvalue weighted by Crippen LogP contribution is 2.20. The number of nitrogens with zero attached hydrogens (tertiary/aromatic N) is 3. The quantitative estimate of drug-likeness (QED) is 0.0933. The molecular formula is C36H47N7O5S2. The standard InChI is InChI=1S/C36H47N7O5S2/c1-23(2)31(41-35(46)43(5)19-27-21-49-34(39-27)24(3)4)33(45)42-32(26-14-10-7-11-15-26)38-18-30(44)29(16-25-12-8-6-9-13-25)40-36(47)48-20-28-17-37-22-50-28/h6-15,17,21-24,29-32,38,44H,16,18-20H2,1-5H3,(H,40,47)(H,41,46)(H,42,45)/t29-,30-,31?,32?/m0/s1. The summed E-state index contributed by atoms with van der Waals surface area (Å²) in [6.07, 6.45) is -0.466.